The Kier molecular flexibility index (Phi) is 7.06. The summed E-state index contributed by atoms with van der Waals surface area (Å²) < 4.78 is 102. The number of halogens is 6. The van der Waals surface area contributed by atoms with Crippen LogP contribution in [0.3, 0.4) is 0 Å². The first kappa shape index (κ1) is 26.9. The molecule has 198 valence electrons. The van der Waals surface area contributed by atoms with Gasteiger partial charge in [0.25, 0.3) is 21.0 Å². The third-order valence-corrected chi connectivity index (χ3v) is 6.18. The van der Waals surface area contributed by atoms with Gasteiger partial charge in [-0.2, -0.15) is 34.8 Å². The number of nitrogens with zero attached hydrogens (tertiary/aromatic N) is 2. The number of carbonyl (C=O) groups is 1. The van der Waals surface area contributed by atoms with Crippen LogP contribution < -0.4 is 0 Å². The van der Waals surface area contributed by atoms with Crippen LogP contribution in [0.25, 0.3) is 21.9 Å². The predicted octanol–water partition coefficient (Wildman–Crippen LogP) is 5.95. The SMILES string of the molecule is CN(Cc1cc(C(F)(F)F)cc(C(F)(F)F)c1)C(=O)c1[nH]c(=S(=O)=O)ncc1-c1ccc2ccccc2c1. The molecule has 1 N–H and O–H groups in total. The molecule has 0 fully saturated rings. The van der Waals surface area contributed by atoms with Crippen molar-refractivity contribution in [1.82, 2.24) is 14.9 Å². The zero-order valence-electron chi connectivity index (χ0n) is 19.4. The van der Waals surface area contributed by atoms with Gasteiger partial charge in [0.15, 0.2) is 0 Å². The second-order valence-electron chi connectivity index (χ2n) is 8.35. The molecule has 0 unspecified atom stereocenters. The van der Waals surface area contributed by atoms with Gasteiger partial charge < -0.3 is 9.88 Å². The molecular formula is C25H17F6N3O3S. The van der Waals surface area contributed by atoms with Crippen molar-refractivity contribution < 1.29 is 39.6 Å². The van der Waals surface area contributed by atoms with Crippen LogP contribution >= 0.6 is 0 Å². The van der Waals surface area contributed by atoms with Crippen molar-refractivity contribution in [3.05, 3.63) is 94.0 Å². The molecule has 0 bridgehead atoms. The first-order valence-corrected chi connectivity index (χ1v) is 11.9. The molecule has 0 saturated heterocycles. The number of hydrogen-bond acceptors (Lipinski definition) is 4. The van der Waals surface area contributed by atoms with Crippen LogP contribution in [0.15, 0.2) is 66.9 Å². The van der Waals surface area contributed by atoms with E-state index >= 15 is 0 Å². The molecule has 0 atom stereocenters. The van der Waals surface area contributed by atoms with Crippen molar-refractivity contribution in [2.24, 2.45) is 0 Å². The van der Waals surface area contributed by atoms with Gasteiger partial charge >= 0.3 is 12.4 Å². The molecule has 0 aliphatic carbocycles. The lowest BCUT2D eigenvalue weighted by atomic mass is 10.0. The lowest BCUT2D eigenvalue weighted by Gasteiger charge is -2.21. The summed E-state index contributed by atoms with van der Waals surface area (Å²) in [6, 6.07) is 13.5. The fourth-order valence-corrected chi connectivity index (χ4v) is 4.19. The van der Waals surface area contributed by atoms with Crippen molar-refractivity contribution >= 4 is 27.0 Å². The molecule has 0 radical (unpaired) electrons. The monoisotopic (exact) mass is 553 g/mol. The van der Waals surface area contributed by atoms with Gasteiger partial charge in [-0.1, -0.05) is 36.4 Å². The highest BCUT2D eigenvalue weighted by atomic mass is 32.2. The number of H-pyrrole nitrogens is 1. The summed E-state index contributed by atoms with van der Waals surface area (Å²) >= 11 is 0. The first-order valence-electron chi connectivity index (χ1n) is 10.8. The van der Waals surface area contributed by atoms with E-state index in [2.05, 4.69) is 9.97 Å². The van der Waals surface area contributed by atoms with E-state index < -0.39 is 56.6 Å². The van der Waals surface area contributed by atoms with E-state index in [4.69, 9.17) is 0 Å². The average Bonchev–Trinajstić information content (AvgIpc) is 2.86. The number of carbonyl (C=O) groups excluding carboxylic acids is 1. The number of alkyl halides is 6. The molecule has 1 heterocycles. The Morgan fingerprint density at radius 1 is 0.895 bits per heavy atom. The Labute approximate surface area is 212 Å². The Balaban J connectivity index is 1.78. The molecule has 0 saturated carbocycles. The number of amides is 1. The highest BCUT2D eigenvalue weighted by Crippen LogP contribution is 2.36. The summed E-state index contributed by atoms with van der Waals surface area (Å²) in [6.07, 6.45) is -8.94. The van der Waals surface area contributed by atoms with E-state index in [0.717, 1.165) is 21.9 Å². The number of fused-ring (bicyclic) bond motifs is 1. The largest absolute Gasteiger partial charge is 0.416 e. The molecule has 0 aliphatic rings. The summed E-state index contributed by atoms with van der Waals surface area (Å²) in [7, 11) is -1.69. The molecule has 0 spiro atoms. The van der Waals surface area contributed by atoms with Gasteiger partial charge in [-0.3, -0.25) is 4.79 Å². The van der Waals surface area contributed by atoms with E-state index in [0.29, 0.717) is 17.7 Å². The third-order valence-electron chi connectivity index (χ3n) is 5.66. The smallest absolute Gasteiger partial charge is 0.336 e. The van der Waals surface area contributed by atoms with E-state index in [1.165, 1.54) is 7.05 Å². The zero-order valence-corrected chi connectivity index (χ0v) is 20.2. The zero-order chi connectivity index (χ0) is 27.8. The van der Waals surface area contributed by atoms with E-state index in [9.17, 15) is 39.6 Å². The first-order chi connectivity index (χ1) is 17.7. The average molecular weight is 553 g/mol. The number of rotatable bonds is 4. The van der Waals surface area contributed by atoms with Crippen LogP contribution in [0, 0.1) is 4.77 Å². The Morgan fingerprint density at radius 2 is 1.50 bits per heavy atom. The molecule has 0 aliphatic heterocycles. The predicted molar refractivity (Wildman–Crippen MR) is 126 cm³/mol. The van der Waals surface area contributed by atoms with Gasteiger partial charge in [-0.15, -0.1) is 0 Å². The Hall–Kier alpha value is -4.13. The van der Waals surface area contributed by atoms with Gasteiger partial charge in [0.1, 0.15) is 5.69 Å². The molecule has 4 rings (SSSR count). The summed E-state index contributed by atoms with van der Waals surface area (Å²) in [4.78, 5) is 20.5. The second-order valence-corrected chi connectivity index (χ2v) is 9.21. The van der Waals surface area contributed by atoms with Crippen LogP contribution in [0.4, 0.5) is 26.3 Å². The van der Waals surface area contributed by atoms with E-state index in [1.54, 1.807) is 24.3 Å². The standard InChI is InChI=1S/C25H17F6N3O3S/c1-34(13-14-8-18(24(26,27)28)11-19(9-14)25(29,30)31)22(35)21-20(12-32-23(33-21)38(36)37)17-7-6-15-4-2-3-5-16(15)10-17/h2-12,33H,13H2,1H3. The van der Waals surface area contributed by atoms with Gasteiger partial charge in [-0.25, -0.2) is 4.98 Å². The number of benzene rings is 3. The van der Waals surface area contributed by atoms with Gasteiger partial charge in [0.2, 0.25) is 0 Å². The maximum atomic E-state index is 13.4. The Morgan fingerprint density at radius 3 is 2.08 bits per heavy atom. The van der Waals surface area contributed by atoms with Crippen LogP contribution in [0.2, 0.25) is 0 Å². The second kappa shape index (κ2) is 9.97. The maximum absolute atomic E-state index is 13.4. The minimum atomic E-state index is -5.05. The van der Waals surface area contributed by atoms with E-state index in [-0.39, 0.29) is 17.3 Å². The number of hydrogen-bond donors (Lipinski definition) is 1. The van der Waals surface area contributed by atoms with Gasteiger partial charge in [-0.05, 0) is 46.2 Å². The minimum Gasteiger partial charge on any atom is -0.336 e. The van der Waals surface area contributed by atoms with Crippen molar-refractivity contribution in [2.45, 2.75) is 18.9 Å². The van der Waals surface area contributed by atoms with Gasteiger partial charge in [0.05, 0.1) is 11.1 Å². The normalized spacial score (nSPS) is 12.0. The number of aromatic nitrogens is 2. The lowest BCUT2D eigenvalue weighted by Crippen LogP contribution is -2.28. The van der Waals surface area contributed by atoms with Crippen LogP contribution in [0.5, 0.6) is 0 Å². The molecule has 1 amide bonds. The Bertz CT molecular complexity index is 1690. The summed E-state index contributed by atoms with van der Waals surface area (Å²) in [6.45, 7) is -0.630. The molecule has 1 aromatic heterocycles. The van der Waals surface area contributed by atoms with Crippen molar-refractivity contribution in [2.75, 3.05) is 7.05 Å². The van der Waals surface area contributed by atoms with Crippen LogP contribution in [-0.4, -0.2) is 36.2 Å². The van der Waals surface area contributed by atoms with E-state index in [1.807, 2.05) is 18.2 Å². The number of aromatic amines is 1. The fourth-order valence-electron chi connectivity index (χ4n) is 3.87. The van der Waals surface area contributed by atoms with Crippen molar-refractivity contribution in [1.29, 1.82) is 0 Å². The van der Waals surface area contributed by atoms with Crippen LogP contribution in [0.1, 0.15) is 27.2 Å². The molecule has 6 nitrogen and oxygen atoms in total. The maximum Gasteiger partial charge on any atom is 0.416 e. The molecule has 38 heavy (non-hydrogen) atoms. The lowest BCUT2D eigenvalue weighted by molar-refractivity contribution is -0.143. The summed E-state index contributed by atoms with van der Waals surface area (Å²) in [5.74, 6) is -0.881. The van der Waals surface area contributed by atoms with Crippen molar-refractivity contribution in [3.63, 3.8) is 0 Å². The summed E-state index contributed by atoms with van der Waals surface area (Å²) in [5.41, 5.74) is -3.05. The minimum absolute atomic E-state index is 0.00433. The van der Waals surface area contributed by atoms with Gasteiger partial charge in [0, 0.05) is 25.4 Å². The highest BCUT2D eigenvalue weighted by Gasteiger charge is 2.37. The molecule has 3 aromatic carbocycles. The summed E-state index contributed by atoms with van der Waals surface area (Å²) in [5, 5.41) is 1.69. The molecule has 4 aromatic rings. The van der Waals surface area contributed by atoms with Crippen LogP contribution in [-0.2, 0) is 29.2 Å². The number of nitrogens with one attached hydrogen (secondary N) is 1. The molecular weight excluding hydrogens is 536 g/mol. The fraction of sp³-hybridized carbons (Fsp3) is 0.160. The highest BCUT2D eigenvalue weighted by molar-refractivity contribution is 7.63. The quantitative estimate of drug-likeness (QED) is 0.250. The third kappa shape index (κ3) is 5.72. The van der Waals surface area contributed by atoms with Crippen molar-refractivity contribution in [3.8, 4) is 11.1 Å². The molecule has 13 heteroatoms. The topological polar surface area (TPSA) is 83.1 Å².